The number of phosphoric ester groups is 1. The summed E-state index contributed by atoms with van der Waals surface area (Å²) in [6.07, 6.45) is 7.44. The van der Waals surface area contributed by atoms with Gasteiger partial charge in [0.2, 0.25) is 0 Å². The summed E-state index contributed by atoms with van der Waals surface area (Å²) in [5, 5.41) is 21.1. The lowest BCUT2D eigenvalue weighted by molar-refractivity contribution is -0.0694. The third-order valence-corrected chi connectivity index (χ3v) is 7.56. The highest BCUT2D eigenvalue weighted by atomic mass is 31.2. The van der Waals surface area contributed by atoms with E-state index in [9.17, 15) is 14.8 Å². The van der Waals surface area contributed by atoms with Gasteiger partial charge in [0.1, 0.15) is 29.8 Å². The van der Waals surface area contributed by atoms with Crippen molar-refractivity contribution in [3.63, 3.8) is 0 Å². The van der Waals surface area contributed by atoms with Crippen molar-refractivity contribution >= 4 is 26.2 Å². The lowest BCUT2D eigenvalue weighted by Gasteiger charge is -2.28. The van der Waals surface area contributed by atoms with E-state index in [0.717, 1.165) is 63.4 Å². The maximum Gasteiger partial charge on any atom is 0.469 e. The Kier molecular flexibility index (Phi) is 8.42. The Morgan fingerprint density at radius 1 is 1.14 bits per heavy atom. The van der Waals surface area contributed by atoms with Crippen molar-refractivity contribution < 1.29 is 33.8 Å². The fourth-order valence-corrected chi connectivity index (χ4v) is 5.46. The van der Waals surface area contributed by atoms with E-state index in [1.54, 1.807) is 11.2 Å². The number of nitrogens with two attached hydrogens (primary N) is 1. The highest BCUT2D eigenvalue weighted by molar-refractivity contribution is 7.46. The van der Waals surface area contributed by atoms with Crippen molar-refractivity contribution in [1.29, 1.82) is 0 Å². The van der Waals surface area contributed by atoms with Gasteiger partial charge < -0.3 is 35.4 Å². The first-order valence-electron chi connectivity index (χ1n) is 12.3. The van der Waals surface area contributed by atoms with Crippen LogP contribution in [0.2, 0.25) is 0 Å². The Morgan fingerprint density at radius 3 is 2.66 bits per heavy atom. The fraction of sp³-hybridized carbons (Fsp3) is 0.773. The van der Waals surface area contributed by atoms with E-state index in [1.165, 1.54) is 0 Å². The first kappa shape index (κ1) is 26.4. The molecule has 6 N–H and O–H groups in total. The van der Waals surface area contributed by atoms with Crippen LogP contribution >= 0.6 is 7.82 Å². The number of amidine groups is 1. The fourth-order valence-electron chi connectivity index (χ4n) is 5.12. The first-order chi connectivity index (χ1) is 16.7. The Bertz CT molecular complexity index is 935. The zero-order valence-corrected chi connectivity index (χ0v) is 20.7. The molecule has 35 heavy (non-hydrogen) atoms. The highest BCUT2D eigenvalue weighted by Gasteiger charge is 2.46. The van der Waals surface area contributed by atoms with Crippen LogP contribution in [0.5, 0.6) is 0 Å². The van der Waals surface area contributed by atoms with Crippen molar-refractivity contribution in [3.05, 3.63) is 11.3 Å². The molecule has 0 aliphatic carbocycles. The minimum Gasteiger partial charge on any atom is -0.387 e. The van der Waals surface area contributed by atoms with Gasteiger partial charge in [-0.15, -0.1) is 0 Å². The quantitative estimate of drug-likeness (QED) is 0.340. The van der Waals surface area contributed by atoms with Crippen LogP contribution < -0.4 is 5.73 Å². The summed E-state index contributed by atoms with van der Waals surface area (Å²) >= 11 is 0. The number of fused-ring (bicyclic) bond motifs is 3. The van der Waals surface area contributed by atoms with Crippen LogP contribution in [0.3, 0.4) is 0 Å². The van der Waals surface area contributed by atoms with Crippen molar-refractivity contribution in [2.24, 2.45) is 20.7 Å². The van der Waals surface area contributed by atoms with Gasteiger partial charge in [0, 0.05) is 12.8 Å². The summed E-state index contributed by atoms with van der Waals surface area (Å²) in [5.74, 6) is 0.371. The number of aliphatic hydroxyl groups excluding tert-OH is 2. The van der Waals surface area contributed by atoms with E-state index < -0.39 is 44.5 Å². The lowest BCUT2D eigenvalue weighted by atomic mass is 9.88. The maximum atomic E-state index is 11.1. The van der Waals surface area contributed by atoms with Gasteiger partial charge in [0.25, 0.3) is 0 Å². The van der Waals surface area contributed by atoms with Crippen LogP contribution in [0.15, 0.2) is 26.2 Å². The summed E-state index contributed by atoms with van der Waals surface area (Å²) in [5.41, 5.74) is 7.61. The molecule has 0 aromatic rings. The van der Waals surface area contributed by atoms with E-state index in [2.05, 4.69) is 14.5 Å². The topological polar surface area (TPSA) is 183 Å². The molecule has 4 aliphatic heterocycles. The van der Waals surface area contributed by atoms with Crippen LogP contribution in [0.4, 0.5) is 0 Å². The smallest absolute Gasteiger partial charge is 0.387 e. The van der Waals surface area contributed by atoms with Crippen LogP contribution in [-0.4, -0.2) is 93.1 Å². The molecule has 5 atom stereocenters. The van der Waals surface area contributed by atoms with Gasteiger partial charge >= 0.3 is 7.82 Å². The second-order valence-electron chi connectivity index (χ2n) is 9.71. The molecule has 1 fully saturated rings. The van der Waals surface area contributed by atoms with Crippen molar-refractivity contribution in [3.8, 4) is 0 Å². The van der Waals surface area contributed by atoms with Crippen LogP contribution in [0.1, 0.15) is 57.8 Å². The zero-order chi connectivity index (χ0) is 25.1. The van der Waals surface area contributed by atoms with Crippen LogP contribution in [0.25, 0.3) is 0 Å². The molecular weight excluding hydrogens is 477 g/mol. The standard InChI is InChI=1S/C22H36N5O7P/c23-20-17-15-7-9-22(26-20,13-24-11-15)8-5-3-1-2-4-6-10-27(14-25-17)21-19(29)18(28)16(34-21)12-33-35(30,31)32/h13-14,16,18-19,21,28-29H,1-12H2,(H2,23,26)(H2,30,31,32). The van der Waals surface area contributed by atoms with Crippen LogP contribution in [0, 0.1) is 0 Å². The molecule has 3 bridgehead atoms. The average Bonchev–Trinajstić information content (AvgIpc) is 2.92. The van der Waals surface area contributed by atoms with E-state index in [1.807, 2.05) is 6.21 Å². The third-order valence-electron chi connectivity index (χ3n) is 7.08. The minimum absolute atomic E-state index is 0.371. The number of aliphatic hydroxyl groups is 2. The van der Waals surface area contributed by atoms with Gasteiger partial charge in [0.05, 0.1) is 25.0 Å². The molecule has 196 valence electrons. The summed E-state index contributed by atoms with van der Waals surface area (Å²) in [6, 6.07) is 0. The van der Waals surface area contributed by atoms with Crippen LogP contribution in [-0.2, 0) is 13.8 Å². The normalized spacial score (nSPS) is 35.0. The number of ether oxygens (including phenoxy) is 1. The molecule has 1 spiro atoms. The van der Waals surface area contributed by atoms with Gasteiger partial charge in [-0.1, -0.05) is 32.1 Å². The molecule has 5 unspecified atom stereocenters. The minimum atomic E-state index is -4.75. The molecule has 0 radical (unpaired) electrons. The van der Waals surface area contributed by atoms with Crippen molar-refractivity contribution in [2.75, 3.05) is 19.7 Å². The third kappa shape index (κ3) is 6.56. The van der Waals surface area contributed by atoms with Gasteiger partial charge in [-0.3, -0.25) is 14.5 Å². The summed E-state index contributed by atoms with van der Waals surface area (Å²) < 4.78 is 21.4. The second-order valence-corrected chi connectivity index (χ2v) is 10.9. The summed E-state index contributed by atoms with van der Waals surface area (Å²) in [4.78, 5) is 33.8. The molecule has 0 saturated carbocycles. The molecule has 1 saturated heterocycles. The number of hydrogen-bond donors (Lipinski definition) is 5. The predicted octanol–water partition coefficient (Wildman–Crippen LogP) is 0.845. The van der Waals surface area contributed by atoms with Gasteiger partial charge in [-0.2, -0.15) is 0 Å². The van der Waals surface area contributed by atoms with E-state index >= 15 is 0 Å². The molecule has 4 rings (SSSR count). The second kappa shape index (κ2) is 11.2. The molecular formula is C22H36N5O7P. The first-order valence-corrected chi connectivity index (χ1v) is 13.8. The molecule has 0 aromatic heterocycles. The van der Waals surface area contributed by atoms with Gasteiger partial charge in [-0.25, -0.2) is 9.56 Å². The summed E-state index contributed by atoms with van der Waals surface area (Å²) in [6.45, 7) is 0.457. The molecule has 12 nitrogen and oxygen atoms in total. The van der Waals surface area contributed by atoms with Gasteiger partial charge in [0.15, 0.2) is 6.23 Å². The SMILES string of the molecule is NC1=NC23C=NCC(=C1N=CN(C1OC(COP(=O)(O)O)C(O)C1O)CCCCCCCC2)CC3. The molecule has 4 heterocycles. The Hall–Kier alpha value is -1.66. The van der Waals surface area contributed by atoms with Crippen molar-refractivity contribution in [2.45, 2.75) is 87.9 Å². The Labute approximate surface area is 204 Å². The van der Waals surface area contributed by atoms with Crippen molar-refractivity contribution in [1.82, 2.24) is 4.90 Å². The van der Waals surface area contributed by atoms with E-state index in [0.29, 0.717) is 24.6 Å². The molecule has 13 heteroatoms. The molecule has 0 aromatic carbocycles. The predicted molar refractivity (Wildman–Crippen MR) is 130 cm³/mol. The lowest BCUT2D eigenvalue weighted by Crippen LogP contribution is -2.44. The molecule has 4 aliphatic rings. The van der Waals surface area contributed by atoms with E-state index in [4.69, 9.17) is 25.2 Å². The average molecular weight is 514 g/mol. The monoisotopic (exact) mass is 513 g/mol. The Balaban J connectivity index is 1.59. The number of hydrogen-bond acceptors (Lipinski definition) is 10. The number of phosphoric acid groups is 1. The maximum absolute atomic E-state index is 11.1. The zero-order valence-electron chi connectivity index (χ0n) is 19.8. The Morgan fingerprint density at radius 2 is 1.89 bits per heavy atom. The van der Waals surface area contributed by atoms with E-state index in [-0.39, 0.29) is 0 Å². The van der Waals surface area contributed by atoms with Gasteiger partial charge in [-0.05, 0) is 31.3 Å². The highest BCUT2D eigenvalue weighted by Crippen LogP contribution is 2.37. The largest absolute Gasteiger partial charge is 0.469 e. The summed E-state index contributed by atoms with van der Waals surface area (Å²) in [7, 11) is -4.75. The number of aliphatic imine (C=N–C) groups is 3. The number of rotatable bonds is 4. The number of nitrogens with zero attached hydrogens (tertiary/aromatic N) is 4. The molecule has 0 amide bonds.